The van der Waals surface area contributed by atoms with E-state index >= 15 is 0 Å². The first-order valence-corrected chi connectivity index (χ1v) is 7.55. The summed E-state index contributed by atoms with van der Waals surface area (Å²) < 4.78 is 26.6. The Balaban J connectivity index is 3.01. The van der Waals surface area contributed by atoms with E-state index in [0.717, 1.165) is 12.1 Å². The standard InChI is InChI=1S/C12H19N3O4S/c1-12(2,3)6-7-14-20(18,19)11-5-4-9(13)8-10(11)15(16)17/h4-5,8,14H,6-7,13H2,1-3H3. The highest BCUT2D eigenvalue weighted by Gasteiger charge is 2.26. The van der Waals surface area contributed by atoms with Crippen molar-refractivity contribution in [2.24, 2.45) is 5.41 Å². The van der Waals surface area contributed by atoms with Gasteiger partial charge in [0.15, 0.2) is 4.90 Å². The minimum absolute atomic E-state index is 0.0322. The molecule has 0 aliphatic carbocycles. The van der Waals surface area contributed by atoms with Crippen LogP contribution >= 0.6 is 0 Å². The van der Waals surface area contributed by atoms with E-state index < -0.39 is 20.6 Å². The second kappa shape index (κ2) is 5.76. The Labute approximate surface area is 118 Å². The number of sulfonamides is 1. The van der Waals surface area contributed by atoms with Crippen LogP contribution in [0, 0.1) is 15.5 Å². The monoisotopic (exact) mass is 301 g/mol. The zero-order valence-corrected chi connectivity index (χ0v) is 12.5. The van der Waals surface area contributed by atoms with Crippen molar-refractivity contribution in [1.29, 1.82) is 0 Å². The Morgan fingerprint density at radius 3 is 2.45 bits per heavy atom. The number of rotatable bonds is 5. The fourth-order valence-electron chi connectivity index (χ4n) is 1.54. The maximum absolute atomic E-state index is 12.1. The third-order valence-corrected chi connectivity index (χ3v) is 4.14. The molecule has 0 saturated carbocycles. The molecule has 0 aliphatic rings. The minimum Gasteiger partial charge on any atom is -0.399 e. The second-order valence-electron chi connectivity index (χ2n) is 5.69. The quantitative estimate of drug-likeness (QED) is 0.489. The molecule has 1 aromatic carbocycles. The molecule has 0 fully saturated rings. The van der Waals surface area contributed by atoms with Crippen molar-refractivity contribution in [1.82, 2.24) is 4.72 Å². The van der Waals surface area contributed by atoms with Crippen LogP contribution in [0.15, 0.2) is 23.1 Å². The highest BCUT2D eigenvalue weighted by atomic mass is 32.2. The van der Waals surface area contributed by atoms with Crippen molar-refractivity contribution < 1.29 is 13.3 Å². The van der Waals surface area contributed by atoms with Gasteiger partial charge in [-0.25, -0.2) is 13.1 Å². The number of nitrogens with zero attached hydrogens (tertiary/aromatic N) is 1. The molecule has 8 heteroatoms. The molecule has 112 valence electrons. The molecule has 0 aliphatic heterocycles. The molecule has 1 rings (SSSR count). The molecule has 0 amide bonds. The summed E-state index contributed by atoms with van der Waals surface area (Å²) in [5, 5.41) is 10.9. The van der Waals surface area contributed by atoms with Crippen LogP contribution in [0.25, 0.3) is 0 Å². The lowest BCUT2D eigenvalue weighted by atomic mass is 9.93. The molecular weight excluding hydrogens is 282 g/mol. The lowest BCUT2D eigenvalue weighted by Gasteiger charge is -2.18. The van der Waals surface area contributed by atoms with Gasteiger partial charge in [-0.15, -0.1) is 0 Å². The largest absolute Gasteiger partial charge is 0.399 e. The average Bonchev–Trinajstić information content (AvgIpc) is 2.26. The maximum atomic E-state index is 12.1. The fourth-order valence-corrected chi connectivity index (χ4v) is 2.72. The fraction of sp³-hybridized carbons (Fsp3) is 0.500. The molecule has 0 heterocycles. The van der Waals surface area contributed by atoms with Crippen LogP contribution in [0.3, 0.4) is 0 Å². The molecule has 0 spiro atoms. The Morgan fingerprint density at radius 2 is 1.95 bits per heavy atom. The first-order chi connectivity index (χ1) is 9.03. The van der Waals surface area contributed by atoms with Gasteiger partial charge in [-0.1, -0.05) is 20.8 Å². The number of hydrogen-bond acceptors (Lipinski definition) is 5. The first kappa shape index (κ1) is 16.4. The third-order valence-electron chi connectivity index (χ3n) is 2.64. The lowest BCUT2D eigenvalue weighted by Crippen LogP contribution is -2.28. The van der Waals surface area contributed by atoms with E-state index in [0.29, 0.717) is 6.42 Å². The van der Waals surface area contributed by atoms with Crippen molar-refractivity contribution >= 4 is 21.4 Å². The molecule has 0 atom stereocenters. The number of hydrogen-bond donors (Lipinski definition) is 2. The molecule has 0 aromatic heterocycles. The minimum atomic E-state index is -3.92. The van der Waals surface area contributed by atoms with Crippen LogP contribution in [0.4, 0.5) is 11.4 Å². The van der Waals surface area contributed by atoms with Crippen molar-refractivity contribution in [2.75, 3.05) is 12.3 Å². The normalized spacial score (nSPS) is 12.3. The van der Waals surface area contributed by atoms with Crippen LogP contribution < -0.4 is 10.5 Å². The number of nitro benzene ring substituents is 1. The Hall–Kier alpha value is -1.67. The topological polar surface area (TPSA) is 115 Å². The molecule has 20 heavy (non-hydrogen) atoms. The zero-order chi connectivity index (χ0) is 15.6. The molecular formula is C12H19N3O4S. The SMILES string of the molecule is CC(C)(C)CCNS(=O)(=O)c1ccc(N)cc1[N+](=O)[O-]. The number of nitrogens with two attached hydrogens (primary N) is 1. The van der Waals surface area contributed by atoms with Crippen LogP contribution in [-0.4, -0.2) is 19.9 Å². The number of anilines is 1. The second-order valence-corrected chi connectivity index (χ2v) is 7.43. The van der Waals surface area contributed by atoms with Crippen LogP contribution in [0.1, 0.15) is 27.2 Å². The van der Waals surface area contributed by atoms with Crippen LogP contribution in [-0.2, 0) is 10.0 Å². The Bertz CT molecular complexity index is 606. The van der Waals surface area contributed by atoms with E-state index in [2.05, 4.69) is 4.72 Å². The predicted molar refractivity (Wildman–Crippen MR) is 76.8 cm³/mol. The predicted octanol–water partition coefficient (Wildman–Crippen LogP) is 1.89. The average molecular weight is 301 g/mol. The van der Waals surface area contributed by atoms with Gasteiger partial charge < -0.3 is 5.73 Å². The summed E-state index contributed by atoms with van der Waals surface area (Å²) in [5.74, 6) is 0. The van der Waals surface area contributed by atoms with Gasteiger partial charge in [-0.3, -0.25) is 10.1 Å². The molecule has 0 unspecified atom stereocenters. The van der Waals surface area contributed by atoms with Crippen LogP contribution in [0.5, 0.6) is 0 Å². The molecule has 7 nitrogen and oxygen atoms in total. The van der Waals surface area contributed by atoms with Gasteiger partial charge in [-0.05, 0) is 24.0 Å². The Morgan fingerprint density at radius 1 is 1.35 bits per heavy atom. The lowest BCUT2D eigenvalue weighted by molar-refractivity contribution is -0.387. The third kappa shape index (κ3) is 4.46. The van der Waals surface area contributed by atoms with Gasteiger partial charge in [0.25, 0.3) is 5.69 Å². The number of nitrogen functional groups attached to an aromatic ring is 1. The molecule has 3 N–H and O–H groups in total. The van der Waals surface area contributed by atoms with E-state index in [1.165, 1.54) is 6.07 Å². The summed E-state index contributed by atoms with van der Waals surface area (Å²) >= 11 is 0. The van der Waals surface area contributed by atoms with E-state index in [4.69, 9.17) is 5.73 Å². The van der Waals surface area contributed by atoms with Gasteiger partial charge in [0.05, 0.1) is 4.92 Å². The van der Waals surface area contributed by atoms with Crippen molar-refractivity contribution in [3.05, 3.63) is 28.3 Å². The van der Waals surface area contributed by atoms with Gasteiger partial charge in [0.1, 0.15) is 0 Å². The summed E-state index contributed by atoms with van der Waals surface area (Å²) in [4.78, 5) is 9.79. The van der Waals surface area contributed by atoms with Crippen molar-refractivity contribution in [3.63, 3.8) is 0 Å². The van der Waals surface area contributed by atoms with Gasteiger partial charge in [0.2, 0.25) is 10.0 Å². The van der Waals surface area contributed by atoms with Gasteiger partial charge >= 0.3 is 0 Å². The number of nitrogens with one attached hydrogen (secondary N) is 1. The molecule has 0 radical (unpaired) electrons. The zero-order valence-electron chi connectivity index (χ0n) is 11.7. The smallest absolute Gasteiger partial charge is 0.291 e. The van der Waals surface area contributed by atoms with Crippen molar-refractivity contribution in [2.45, 2.75) is 32.1 Å². The number of nitro groups is 1. The van der Waals surface area contributed by atoms with E-state index in [-0.39, 0.29) is 22.5 Å². The van der Waals surface area contributed by atoms with Crippen LogP contribution in [0.2, 0.25) is 0 Å². The maximum Gasteiger partial charge on any atom is 0.291 e. The summed E-state index contributed by atoms with van der Waals surface area (Å²) in [7, 11) is -3.92. The first-order valence-electron chi connectivity index (χ1n) is 6.06. The van der Waals surface area contributed by atoms with E-state index in [9.17, 15) is 18.5 Å². The molecule has 0 saturated heterocycles. The molecule has 1 aromatic rings. The highest BCUT2D eigenvalue weighted by Crippen LogP contribution is 2.26. The summed E-state index contributed by atoms with van der Waals surface area (Å²) in [6.07, 6.45) is 0.620. The summed E-state index contributed by atoms with van der Waals surface area (Å²) in [6.45, 7) is 6.15. The molecule has 0 bridgehead atoms. The summed E-state index contributed by atoms with van der Waals surface area (Å²) in [5.41, 5.74) is 5.04. The summed E-state index contributed by atoms with van der Waals surface area (Å²) in [6, 6.07) is 3.51. The van der Waals surface area contributed by atoms with E-state index in [1.807, 2.05) is 20.8 Å². The highest BCUT2D eigenvalue weighted by molar-refractivity contribution is 7.89. The number of benzene rings is 1. The van der Waals surface area contributed by atoms with Gasteiger partial charge in [-0.2, -0.15) is 0 Å². The van der Waals surface area contributed by atoms with E-state index in [1.54, 1.807) is 0 Å². The van der Waals surface area contributed by atoms with Crippen molar-refractivity contribution in [3.8, 4) is 0 Å². The Kier molecular flexibility index (Phi) is 4.72. The van der Waals surface area contributed by atoms with Gasteiger partial charge in [0, 0.05) is 18.3 Å².